The second-order valence-electron chi connectivity index (χ2n) is 11.1. The van der Waals surface area contributed by atoms with Crippen molar-refractivity contribution in [2.24, 2.45) is 5.92 Å². The Hall–Kier alpha value is -4.64. The van der Waals surface area contributed by atoms with Gasteiger partial charge in [0.25, 0.3) is 0 Å². The first-order chi connectivity index (χ1) is 21.2. The molecule has 4 heterocycles. The van der Waals surface area contributed by atoms with Gasteiger partial charge in [-0.15, -0.1) is 22.7 Å². The summed E-state index contributed by atoms with van der Waals surface area (Å²) in [5.74, 6) is 0.560. The number of hydrogen-bond donors (Lipinski definition) is 0. The van der Waals surface area contributed by atoms with Gasteiger partial charge in [0.2, 0.25) is 0 Å². The number of benzene rings is 2. The lowest BCUT2D eigenvalue weighted by Crippen LogP contribution is -2.13. The molecular weight excluding hydrogens is 561 g/mol. The van der Waals surface area contributed by atoms with Gasteiger partial charge in [0, 0.05) is 48.9 Å². The molecule has 0 spiro atoms. The summed E-state index contributed by atoms with van der Waals surface area (Å²) >= 11 is 3.67. The van der Waals surface area contributed by atoms with E-state index in [4.69, 9.17) is 4.98 Å². The van der Waals surface area contributed by atoms with Gasteiger partial charge >= 0.3 is 0 Å². The number of pyridine rings is 2. The summed E-state index contributed by atoms with van der Waals surface area (Å²) in [4.78, 5) is 10.5. The smallest absolute Gasteiger partial charge is 0.0710 e. The minimum atomic E-state index is 0.272. The molecule has 2 aliphatic carbocycles. The number of thiophene rings is 2. The van der Waals surface area contributed by atoms with Crippen molar-refractivity contribution in [1.82, 2.24) is 9.97 Å². The first-order valence-electron chi connectivity index (χ1n) is 14.6. The van der Waals surface area contributed by atoms with E-state index < -0.39 is 0 Å². The summed E-state index contributed by atoms with van der Waals surface area (Å²) in [5.41, 5.74) is 9.16. The van der Waals surface area contributed by atoms with Crippen LogP contribution in [-0.2, 0) is 0 Å². The van der Waals surface area contributed by atoms with Gasteiger partial charge in [0.05, 0.1) is 11.4 Å². The summed E-state index contributed by atoms with van der Waals surface area (Å²) in [6.45, 7) is 4.51. The van der Waals surface area contributed by atoms with E-state index in [-0.39, 0.29) is 11.8 Å². The molecular formula is C39H28N2S2. The number of hydrogen-bond acceptors (Lipinski definition) is 4. The second-order valence-corrected chi connectivity index (χ2v) is 13.0. The molecule has 0 bridgehead atoms. The highest BCUT2D eigenvalue weighted by molar-refractivity contribution is 7.26. The molecule has 0 aliphatic heterocycles. The Labute approximate surface area is 259 Å². The first-order valence-corrected chi connectivity index (χ1v) is 16.3. The number of allylic oxidation sites excluding steroid dienone is 9. The molecule has 4 heteroatoms. The molecule has 2 aliphatic rings. The van der Waals surface area contributed by atoms with Gasteiger partial charge < -0.3 is 0 Å². The predicted molar refractivity (Wildman–Crippen MR) is 185 cm³/mol. The van der Waals surface area contributed by atoms with Crippen molar-refractivity contribution >= 4 is 59.6 Å². The van der Waals surface area contributed by atoms with Crippen LogP contribution in [0.5, 0.6) is 0 Å². The van der Waals surface area contributed by atoms with Gasteiger partial charge in [-0.3, -0.25) is 4.98 Å². The zero-order valence-electron chi connectivity index (χ0n) is 23.5. The Balaban J connectivity index is 1.23. The molecule has 0 amide bonds. The summed E-state index contributed by atoms with van der Waals surface area (Å²) in [6.07, 6.45) is 18.5. The maximum Gasteiger partial charge on any atom is 0.0710 e. The van der Waals surface area contributed by atoms with Crippen LogP contribution >= 0.6 is 22.7 Å². The molecule has 2 nitrogen and oxygen atoms in total. The number of fused-ring (bicyclic) bond motifs is 6. The van der Waals surface area contributed by atoms with Crippen LogP contribution < -0.4 is 0 Å². The molecule has 8 rings (SSSR count). The van der Waals surface area contributed by atoms with Crippen LogP contribution in [-0.4, -0.2) is 9.97 Å². The lowest BCUT2D eigenvalue weighted by molar-refractivity contribution is 0.588. The van der Waals surface area contributed by atoms with Gasteiger partial charge in [0.1, 0.15) is 0 Å². The fraction of sp³-hybridized carbons (Fsp3) is 0.0769. The monoisotopic (exact) mass is 588 g/mol. The van der Waals surface area contributed by atoms with Crippen molar-refractivity contribution < 1.29 is 0 Å². The van der Waals surface area contributed by atoms with E-state index >= 15 is 0 Å². The van der Waals surface area contributed by atoms with E-state index in [2.05, 4.69) is 120 Å². The maximum absolute atomic E-state index is 5.06. The Morgan fingerprint density at radius 1 is 0.767 bits per heavy atom. The zero-order valence-corrected chi connectivity index (χ0v) is 25.1. The number of rotatable bonds is 3. The third kappa shape index (κ3) is 4.73. The highest BCUT2D eigenvalue weighted by Crippen LogP contribution is 2.44. The van der Waals surface area contributed by atoms with E-state index in [1.165, 1.54) is 47.3 Å². The van der Waals surface area contributed by atoms with E-state index in [0.717, 1.165) is 28.9 Å². The Morgan fingerprint density at radius 3 is 2.53 bits per heavy atom. The van der Waals surface area contributed by atoms with Crippen molar-refractivity contribution in [3.8, 4) is 11.3 Å². The molecule has 2 aromatic carbocycles. The van der Waals surface area contributed by atoms with Crippen LogP contribution in [0, 0.1) is 5.92 Å². The van der Waals surface area contributed by atoms with Crippen LogP contribution in [0.4, 0.5) is 0 Å². The van der Waals surface area contributed by atoms with Crippen molar-refractivity contribution in [1.29, 1.82) is 0 Å². The molecule has 0 fully saturated rings. The molecule has 0 saturated heterocycles. The van der Waals surface area contributed by atoms with Gasteiger partial charge in [0.15, 0.2) is 0 Å². The third-order valence-electron chi connectivity index (χ3n) is 8.49. The van der Waals surface area contributed by atoms with Crippen LogP contribution in [0.15, 0.2) is 140 Å². The van der Waals surface area contributed by atoms with E-state index in [9.17, 15) is 0 Å². The molecule has 4 aromatic heterocycles. The van der Waals surface area contributed by atoms with E-state index in [1.54, 1.807) is 11.3 Å². The quantitative estimate of drug-likeness (QED) is 0.205. The molecule has 0 radical (unpaired) electrons. The van der Waals surface area contributed by atoms with Gasteiger partial charge in [-0.25, -0.2) is 4.98 Å². The molecule has 2 atom stereocenters. The largest absolute Gasteiger partial charge is 0.265 e. The maximum atomic E-state index is 5.06. The summed E-state index contributed by atoms with van der Waals surface area (Å²) in [7, 11) is 0. The molecule has 6 aromatic rings. The first kappa shape index (κ1) is 26.0. The number of nitrogens with zero attached hydrogens (tertiary/aromatic N) is 2. The van der Waals surface area contributed by atoms with E-state index in [0.29, 0.717) is 0 Å². The normalized spacial score (nSPS) is 20.2. The SMILES string of the molecule is C=C1/C=C\C(c2cccc3c2sc2ccccc23)=C/CC2C=C(c3cccc(-c4ccncc4)n3)C=CC2c2ccsc21. The minimum Gasteiger partial charge on any atom is -0.265 e. The Bertz CT molecular complexity index is 2140. The highest BCUT2D eigenvalue weighted by atomic mass is 32.1. The molecule has 0 N–H and O–H groups in total. The van der Waals surface area contributed by atoms with Gasteiger partial charge in [-0.05, 0) is 82.0 Å². The minimum absolute atomic E-state index is 0.272. The van der Waals surface area contributed by atoms with Crippen molar-refractivity contribution in [3.05, 3.63) is 161 Å². The van der Waals surface area contributed by atoms with Gasteiger partial charge in [-0.1, -0.05) is 85.5 Å². The number of aromatic nitrogens is 2. The zero-order chi connectivity index (χ0) is 28.8. The van der Waals surface area contributed by atoms with Crippen molar-refractivity contribution in [3.63, 3.8) is 0 Å². The molecule has 43 heavy (non-hydrogen) atoms. The highest BCUT2D eigenvalue weighted by Gasteiger charge is 2.27. The average Bonchev–Trinajstić information content (AvgIpc) is 3.71. The van der Waals surface area contributed by atoms with Crippen molar-refractivity contribution in [2.45, 2.75) is 12.3 Å². The predicted octanol–water partition coefficient (Wildman–Crippen LogP) is 11.0. The van der Waals surface area contributed by atoms with Crippen LogP contribution in [0.1, 0.15) is 34.0 Å². The molecule has 2 unspecified atom stereocenters. The summed E-state index contributed by atoms with van der Waals surface area (Å²) < 4.78 is 2.67. The second kappa shape index (κ2) is 10.9. The summed E-state index contributed by atoms with van der Waals surface area (Å²) in [5, 5.41) is 4.86. The fourth-order valence-corrected chi connectivity index (χ4v) is 8.50. The fourth-order valence-electron chi connectivity index (χ4n) is 6.35. The van der Waals surface area contributed by atoms with Gasteiger partial charge in [-0.2, -0.15) is 0 Å². The topological polar surface area (TPSA) is 25.8 Å². The standard InChI is InChI=1S/C39H28N2S2/c1-25-12-13-26(31-7-4-8-33-32-6-2-3-11-37(32)43-39(31)33)14-15-28-24-29(16-17-30(28)34-20-23-42-38(25)34)36-10-5-9-35(41-36)27-18-21-40-22-19-27/h2-14,16-24,28,30H,1,15H2/b13-12-,26-14+. The summed E-state index contributed by atoms with van der Waals surface area (Å²) in [6, 6.07) is 28.0. The Kier molecular flexibility index (Phi) is 6.59. The van der Waals surface area contributed by atoms with Crippen molar-refractivity contribution in [2.75, 3.05) is 0 Å². The van der Waals surface area contributed by atoms with Crippen LogP contribution in [0.3, 0.4) is 0 Å². The van der Waals surface area contributed by atoms with Crippen LogP contribution in [0.2, 0.25) is 0 Å². The van der Waals surface area contributed by atoms with E-state index in [1.807, 2.05) is 35.9 Å². The molecule has 206 valence electrons. The van der Waals surface area contributed by atoms with Crippen LogP contribution in [0.25, 0.3) is 48.1 Å². The average molecular weight is 589 g/mol. The third-order valence-corrected chi connectivity index (χ3v) is 10.7. The Morgan fingerprint density at radius 2 is 1.60 bits per heavy atom. The molecule has 0 saturated carbocycles. The lowest BCUT2D eigenvalue weighted by Gasteiger charge is -2.27. The lowest BCUT2D eigenvalue weighted by atomic mass is 9.77.